The lowest BCUT2D eigenvalue weighted by atomic mass is 10.2. The van der Waals surface area contributed by atoms with Gasteiger partial charge in [0.2, 0.25) is 0 Å². The van der Waals surface area contributed by atoms with Crippen molar-refractivity contribution in [1.29, 1.82) is 0 Å². The molecule has 3 heteroatoms. The van der Waals surface area contributed by atoms with E-state index in [1.54, 1.807) is 6.20 Å². The number of rotatable bonds is 3. The van der Waals surface area contributed by atoms with Crippen LogP contribution in [-0.2, 0) is 0 Å². The fourth-order valence-corrected chi connectivity index (χ4v) is 2.27. The molecule has 2 aromatic rings. The average Bonchev–Trinajstić information content (AvgIpc) is 2.64. The Morgan fingerprint density at radius 3 is 2.65 bits per heavy atom. The minimum absolute atomic E-state index is 0.143. The molecule has 0 saturated carbocycles. The Morgan fingerprint density at radius 1 is 1.35 bits per heavy atom. The van der Waals surface area contributed by atoms with Crippen molar-refractivity contribution in [2.75, 3.05) is 0 Å². The van der Waals surface area contributed by atoms with Crippen molar-refractivity contribution in [3.63, 3.8) is 0 Å². The molecule has 0 radical (unpaired) electrons. The molecule has 0 N–H and O–H groups in total. The first-order chi connectivity index (χ1) is 8.15. The van der Waals surface area contributed by atoms with E-state index in [0.29, 0.717) is 0 Å². The van der Waals surface area contributed by atoms with Crippen molar-refractivity contribution in [2.45, 2.75) is 26.8 Å². The normalized spacial score (nSPS) is 12.4. The number of carbonyl (C=O) groups excluding carboxylic acids is 1. The summed E-state index contributed by atoms with van der Waals surface area (Å²) >= 11 is 0. The van der Waals surface area contributed by atoms with Gasteiger partial charge < -0.3 is 4.57 Å². The molecule has 0 fully saturated rings. The SMILES string of the molecule is Cc1cc(C=O)c(C)n1C(C)c1ccccn1. The maximum atomic E-state index is 10.9. The number of carbonyl (C=O) groups is 1. The zero-order valence-corrected chi connectivity index (χ0v) is 10.3. The smallest absolute Gasteiger partial charge is 0.151 e. The second-order valence-corrected chi connectivity index (χ2v) is 4.24. The molecule has 0 amide bonds. The number of hydrogen-bond acceptors (Lipinski definition) is 2. The van der Waals surface area contributed by atoms with Crippen LogP contribution in [0, 0.1) is 13.8 Å². The summed E-state index contributed by atoms with van der Waals surface area (Å²) in [5, 5.41) is 0. The van der Waals surface area contributed by atoms with Gasteiger partial charge in [-0.15, -0.1) is 0 Å². The third kappa shape index (κ3) is 2.00. The summed E-state index contributed by atoms with van der Waals surface area (Å²) in [6.45, 7) is 6.08. The summed E-state index contributed by atoms with van der Waals surface area (Å²) in [7, 11) is 0. The molecule has 88 valence electrons. The molecule has 0 saturated heterocycles. The Hall–Kier alpha value is -1.90. The Labute approximate surface area is 101 Å². The predicted molar refractivity (Wildman–Crippen MR) is 67.3 cm³/mol. The maximum Gasteiger partial charge on any atom is 0.151 e. The van der Waals surface area contributed by atoms with Crippen LogP contribution in [0.1, 0.15) is 40.4 Å². The predicted octanol–water partition coefficient (Wildman–Crippen LogP) is 2.92. The van der Waals surface area contributed by atoms with E-state index in [2.05, 4.69) is 16.5 Å². The van der Waals surface area contributed by atoms with E-state index in [0.717, 1.165) is 28.9 Å². The summed E-state index contributed by atoms with van der Waals surface area (Å²) in [6, 6.07) is 7.95. The standard InChI is InChI=1S/C14H16N2O/c1-10-8-13(9-17)11(2)16(10)12(3)14-6-4-5-7-15-14/h4-9,12H,1-3H3. The monoisotopic (exact) mass is 228 g/mol. The van der Waals surface area contributed by atoms with Crippen molar-refractivity contribution >= 4 is 6.29 Å². The third-order valence-corrected chi connectivity index (χ3v) is 3.15. The molecule has 2 rings (SSSR count). The summed E-state index contributed by atoms with van der Waals surface area (Å²) in [5.74, 6) is 0. The van der Waals surface area contributed by atoms with Gasteiger partial charge in [-0.3, -0.25) is 9.78 Å². The van der Waals surface area contributed by atoms with E-state index in [4.69, 9.17) is 0 Å². The van der Waals surface area contributed by atoms with Gasteiger partial charge in [0.1, 0.15) is 0 Å². The second-order valence-electron chi connectivity index (χ2n) is 4.24. The van der Waals surface area contributed by atoms with Crippen LogP contribution in [0.3, 0.4) is 0 Å². The van der Waals surface area contributed by atoms with E-state index in [-0.39, 0.29) is 6.04 Å². The molecular formula is C14H16N2O. The molecule has 0 bridgehead atoms. The van der Waals surface area contributed by atoms with Crippen molar-refractivity contribution < 1.29 is 4.79 Å². The summed E-state index contributed by atoms with van der Waals surface area (Å²) in [4.78, 5) is 15.3. The van der Waals surface area contributed by atoms with Crippen LogP contribution in [0.25, 0.3) is 0 Å². The first kappa shape index (κ1) is 11.6. The van der Waals surface area contributed by atoms with Gasteiger partial charge in [-0.05, 0) is 39.0 Å². The third-order valence-electron chi connectivity index (χ3n) is 3.15. The second kappa shape index (κ2) is 4.53. The van der Waals surface area contributed by atoms with Crippen LogP contribution in [0.15, 0.2) is 30.5 Å². The topological polar surface area (TPSA) is 34.9 Å². The van der Waals surface area contributed by atoms with Crippen LogP contribution in [0.4, 0.5) is 0 Å². The molecule has 3 nitrogen and oxygen atoms in total. The van der Waals surface area contributed by atoms with Gasteiger partial charge in [0.15, 0.2) is 6.29 Å². The lowest BCUT2D eigenvalue weighted by molar-refractivity contribution is 0.112. The van der Waals surface area contributed by atoms with Gasteiger partial charge >= 0.3 is 0 Å². The van der Waals surface area contributed by atoms with Crippen molar-refractivity contribution in [3.05, 3.63) is 53.1 Å². The summed E-state index contributed by atoms with van der Waals surface area (Å²) in [5.41, 5.74) is 3.84. The zero-order valence-electron chi connectivity index (χ0n) is 10.3. The maximum absolute atomic E-state index is 10.9. The van der Waals surface area contributed by atoms with Crippen molar-refractivity contribution in [1.82, 2.24) is 9.55 Å². The molecule has 1 unspecified atom stereocenters. The van der Waals surface area contributed by atoms with Crippen LogP contribution in [0.2, 0.25) is 0 Å². The van der Waals surface area contributed by atoms with Gasteiger partial charge in [-0.1, -0.05) is 6.07 Å². The van der Waals surface area contributed by atoms with Crippen LogP contribution in [-0.4, -0.2) is 15.8 Å². The number of pyridine rings is 1. The summed E-state index contributed by atoms with van der Waals surface area (Å²) in [6.07, 6.45) is 2.70. The van der Waals surface area contributed by atoms with Gasteiger partial charge in [0.05, 0.1) is 11.7 Å². The molecule has 2 aromatic heterocycles. The molecule has 2 heterocycles. The van der Waals surface area contributed by atoms with Gasteiger partial charge in [-0.2, -0.15) is 0 Å². The van der Waals surface area contributed by atoms with E-state index in [1.807, 2.05) is 38.1 Å². The van der Waals surface area contributed by atoms with Gasteiger partial charge in [-0.25, -0.2) is 0 Å². The minimum atomic E-state index is 0.143. The molecule has 17 heavy (non-hydrogen) atoms. The number of aryl methyl sites for hydroxylation is 1. The number of nitrogens with zero attached hydrogens (tertiary/aromatic N) is 2. The highest BCUT2D eigenvalue weighted by Crippen LogP contribution is 2.23. The Balaban J connectivity index is 2.47. The zero-order chi connectivity index (χ0) is 12.4. The number of aromatic nitrogens is 2. The van der Waals surface area contributed by atoms with Gasteiger partial charge in [0, 0.05) is 23.1 Å². The molecule has 0 aliphatic carbocycles. The van der Waals surface area contributed by atoms with Gasteiger partial charge in [0.25, 0.3) is 0 Å². The molecule has 1 atom stereocenters. The van der Waals surface area contributed by atoms with Crippen molar-refractivity contribution in [3.8, 4) is 0 Å². The van der Waals surface area contributed by atoms with E-state index in [1.165, 1.54) is 0 Å². The molecule has 0 aliphatic heterocycles. The highest BCUT2D eigenvalue weighted by atomic mass is 16.1. The lowest BCUT2D eigenvalue weighted by Crippen LogP contribution is -2.11. The fourth-order valence-electron chi connectivity index (χ4n) is 2.27. The average molecular weight is 228 g/mol. The Morgan fingerprint density at radius 2 is 2.12 bits per heavy atom. The number of aldehydes is 1. The molecule has 0 aliphatic rings. The Kier molecular flexibility index (Phi) is 3.09. The largest absolute Gasteiger partial charge is 0.340 e. The lowest BCUT2D eigenvalue weighted by Gasteiger charge is -2.17. The highest BCUT2D eigenvalue weighted by molar-refractivity contribution is 5.77. The highest BCUT2D eigenvalue weighted by Gasteiger charge is 2.15. The fraction of sp³-hybridized carbons (Fsp3) is 0.286. The van der Waals surface area contributed by atoms with Crippen LogP contribution < -0.4 is 0 Å². The van der Waals surface area contributed by atoms with Crippen molar-refractivity contribution in [2.24, 2.45) is 0 Å². The minimum Gasteiger partial charge on any atom is -0.340 e. The van der Waals surface area contributed by atoms with E-state index in [9.17, 15) is 4.79 Å². The van der Waals surface area contributed by atoms with Crippen LogP contribution in [0.5, 0.6) is 0 Å². The van der Waals surface area contributed by atoms with E-state index >= 15 is 0 Å². The quantitative estimate of drug-likeness (QED) is 0.757. The first-order valence-electron chi connectivity index (χ1n) is 5.69. The number of hydrogen-bond donors (Lipinski definition) is 0. The molecule has 0 spiro atoms. The first-order valence-corrected chi connectivity index (χ1v) is 5.69. The summed E-state index contributed by atoms with van der Waals surface area (Å²) < 4.78 is 2.14. The Bertz CT molecular complexity index is 529. The molecular weight excluding hydrogens is 212 g/mol. The van der Waals surface area contributed by atoms with Crippen LogP contribution >= 0.6 is 0 Å². The molecule has 0 aromatic carbocycles. The van der Waals surface area contributed by atoms with E-state index < -0.39 is 0 Å².